The number of hydrogen-bond acceptors (Lipinski definition) is 2. The Kier molecular flexibility index (Phi) is 2.21. The van der Waals surface area contributed by atoms with Gasteiger partial charge in [0.1, 0.15) is 5.82 Å². The highest BCUT2D eigenvalue weighted by Gasteiger charge is 2.34. The fourth-order valence-corrected chi connectivity index (χ4v) is 3.18. The van der Waals surface area contributed by atoms with Gasteiger partial charge in [-0.2, -0.15) is 0 Å². The van der Waals surface area contributed by atoms with Gasteiger partial charge in [-0.05, 0) is 33.6 Å². The summed E-state index contributed by atoms with van der Waals surface area (Å²) in [7, 11) is 0. The van der Waals surface area contributed by atoms with Gasteiger partial charge >= 0.3 is 0 Å². The van der Waals surface area contributed by atoms with Crippen molar-refractivity contribution in [2.75, 3.05) is 18.0 Å². The molecule has 1 atom stereocenters. The van der Waals surface area contributed by atoms with Crippen LogP contribution < -0.4 is 10.2 Å². The molecule has 0 spiro atoms. The van der Waals surface area contributed by atoms with Crippen molar-refractivity contribution in [2.45, 2.75) is 12.8 Å². The first-order valence-corrected chi connectivity index (χ1v) is 6.17. The smallest absolute Gasteiger partial charge is 0.124 e. The Morgan fingerprint density at radius 1 is 1.50 bits per heavy atom. The highest BCUT2D eigenvalue weighted by Crippen LogP contribution is 2.47. The van der Waals surface area contributed by atoms with Crippen LogP contribution in [-0.4, -0.2) is 13.1 Å². The molecular weight excluding hydrogens is 271 g/mol. The largest absolute Gasteiger partial charge is 0.388 e. The van der Waals surface area contributed by atoms with Crippen molar-refractivity contribution in [1.29, 1.82) is 0 Å². The summed E-state index contributed by atoms with van der Waals surface area (Å²) < 4.78 is 14.2. The molecule has 2 aliphatic rings. The van der Waals surface area contributed by atoms with Gasteiger partial charge < -0.3 is 10.2 Å². The van der Waals surface area contributed by atoms with E-state index in [1.807, 2.05) is 6.20 Å². The minimum absolute atomic E-state index is 0.175. The number of fused-ring (bicyclic) bond motifs is 3. The molecular formula is C12H12BrFN2. The molecule has 16 heavy (non-hydrogen) atoms. The van der Waals surface area contributed by atoms with Crippen molar-refractivity contribution in [2.24, 2.45) is 0 Å². The quantitative estimate of drug-likeness (QED) is 0.787. The molecule has 0 aliphatic carbocycles. The van der Waals surface area contributed by atoms with Crippen LogP contribution >= 0.6 is 15.9 Å². The predicted octanol–water partition coefficient (Wildman–Crippen LogP) is 2.96. The second-order valence-corrected chi connectivity index (χ2v) is 5.08. The van der Waals surface area contributed by atoms with Crippen molar-refractivity contribution < 1.29 is 4.39 Å². The molecule has 1 aromatic rings. The van der Waals surface area contributed by atoms with E-state index in [9.17, 15) is 4.39 Å². The zero-order chi connectivity index (χ0) is 11.3. The van der Waals surface area contributed by atoms with Crippen molar-refractivity contribution >= 4 is 21.6 Å². The van der Waals surface area contributed by atoms with Gasteiger partial charge in [0.25, 0.3) is 0 Å². The van der Waals surface area contributed by atoms with Crippen LogP contribution in [0.4, 0.5) is 10.1 Å². The number of benzene rings is 1. The maximum atomic E-state index is 13.4. The number of allylic oxidation sites excluding steroid dienone is 1. The molecule has 0 bridgehead atoms. The number of halogens is 2. The van der Waals surface area contributed by atoms with E-state index in [2.05, 4.69) is 33.1 Å². The summed E-state index contributed by atoms with van der Waals surface area (Å²) in [5, 5.41) is 3.24. The van der Waals surface area contributed by atoms with E-state index >= 15 is 0 Å². The lowest BCUT2D eigenvalue weighted by molar-refractivity contribution is 0.624. The monoisotopic (exact) mass is 282 g/mol. The highest BCUT2D eigenvalue weighted by atomic mass is 79.9. The number of anilines is 1. The van der Waals surface area contributed by atoms with Gasteiger partial charge in [-0.1, -0.05) is 6.92 Å². The SMILES string of the molecule is CC1C2=CNCCN2c2c(Br)cc(F)cc21. The molecule has 1 aromatic carbocycles. The molecule has 4 heteroatoms. The lowest BCUT2D eigenvalue weighted by atomic mass is 10.0. The highest BCUT2D eigenvalue weighted by molar-refractivity contribution is 9.10. The summed E-state index contributed by atoms with van der Waals surface area (Å²) in [5.74, 6) is 0.0840. The zero-order valence-corrected chi connectivity index (χ0v) is 10.5. The molecule has 0 saturated heterocycles. The summed E-state index contributed by atoms with van der Waals surface area (Å²) in [6.45, 7) is 3.98. The van der Waals surface area contributed by atoms with Gasteiger partial charge in [-0.25, -0.2) is 4.39 Å². The standard InChI is InChI=1S/C12H12BrFN2/c1-7-9-4-8(14)5-10(13)12(9)16-3-2-15-6-11(7)16/h4-7,15H,2-3H2,1H3. The van der Waals surface area contributed by atoms with E-state index in [1.54, 1.807) is 6.07 Å². The summed E-state index contributed by atoms with van der Waals surface area (Å²) in [6.07, 6.45) is 2.04. The van der Waals surface area contributed by atoms with Gasteiger partial charge in [0.05, 0.1) is 5.69 Å². The van der Waals surface area contributed by atoms with Crippen LogP contribution in [0.5, 0.6) is 0 Å². The minimum Gasteiger partial charge on any atom is -0.388 e. The Hall–Kier alpha value is -1.03. The molecule has 84 valence electrons. The van der Waals surface area contributed by atoms with E-state index in [0.29, 0.717) is 0 Å². The first-order chi connectivity index (χ1) is 7.68. The second-order valence-electron chi connectivity index (χ2n) is 4.22. The lowest BCUT2D eigenvalue weighted by Gasteiger charge is -2.27. The predicted molar refractivity (Wildman–Crippen MR) is 65.9 cm³/mol. The number of nitrogens with one attached hydrogen (secondary N) is 1. The van der Waals surface area contributed by atoms with Gasteiger partial charge in [0, 0.05) is 35.4 Å². The van der Waals surface area contributed by atoms with E-state index in [4.69, 9.17) is 0 Å². The van der Waals surface area contributed by atoms with E-state index in [1.165, 1.54) is 11.8 Å². The Bertz CT molecular complexity index is 484. The van der Waals surface area contributed by atoms with Crippen molar-refractivity contribution in [1.82, 2.24) is 5.32 Å². The third-order valence-electron chi connectivity index (χ3n) is 3.28. The molecule has 0 amide bonds. The second kappa shape index (κ2) is 3.48. The lowest BCUT2D eigenvalue weighted by Crippen LogP contribution is -2.34. The molecule has 2 aliphatic heterocycles. The summed E-state index contributed by atoms with van der Waals surface area (Å²) in [6, 6.07) is 3.18. The van der Waals surface area contributed by atoms with Gasteiger partial charge in [-0.3, -0.25) is 0 Å². The molecule has 0 fully saturated rings. The Morgan fingerprint density at radius 3 is 3.12 bits per heavy atom. The van der Waals surface area contributed by atoms with Gasteiger partial charge in [0.15, 0.2) is 0 Å². The third kappa shape index (κ3) is 1.29. The van der Waals surface area contributed by atoms with Crippen LogP contribution in [0, 0.1) is 5.82 Å². The normalized spacial score (nSPS) is 22.3. The Balaban J connectivity index is 2.22. The van der Waals surface area contributed by atoms with E-state index in [0.717, 1.165) is 28.8 Å². The number of rotatable bonds is 0. The van der Waals surface area contributed by atoms with E-state index in [-0.39, 0.29) is 11.7 Å². The average Bonchev–Trinajstić information content (AvgIpc) is 2.54. The van der Waals surface area contributed by atoms with Crippen LogP contribution in [0.15, 0.2) is 28.5 Å². The molecule has 1 N–H and O–H groups in total. The maximum Gasteiger partial charge on any atom is 0.124 e. The topological polar surface area (TPSA) is 15.3 Å². The molecule has 1 unspecified atom stereocenters. The summed E-state index contributed by atoms with van der Waals surface area (Å²) >= 11 is 3.46. The van der Waals surface area contributed by atoms with Crippen LogP contribution in [-0.2, 0) is 0 Å². The van der Waals surface area contributed by atoms with Gasteiger partial charge in [0.2, 0.25) is 0 Å². The average molecular weight is 283 g/mol. The van der Waals surface area contributed by atoms with Gasteiger partial charge in [-0.15, -0.1) is 0 Å². The Morgan fingerprint density at radius 2 is 2.31 bits per heavy atom. The molecule has 3 rings (SSSR count). The molecule has 2 heterocycles. The molecule has 2 nitrogen and oxygen atoms in total. The van der Waals surface area contributed by atoms with E-state index < -0.39 is 0 Å². The van der Waals surface area contributed by atoms with Crippen LogP contribution in [0.2, 0.25) is 0 Å². The maximum absolute atomic E-state index is 13.4. The first-order valence-electron chi connectivity index (χ1n) is 5.38. The third-order valence-corrected chi connectivity index (χ3v) is 3.88. The molecule has 0 radical (unpaired) electrons. The summed E-state index contributed by atoms with van der Waals surface area (Å²) in [4.78, 5) is 2.26. The summed E-state index contributed by atoms with van der Waals surface area (Å²) in [5.41, 5.74) is 3.43. The van der Waals surface area contributed by atoms with Crippen LogP contribution in [0.25, 0.3) is 0 Å². The van der Waals surface area contributed by atoms with Crippen LogP contribution in [0.3, 0.4) is 0 Å². The minimum atomic E-state index is -0.175. The molecule has 0 aromatic heterocycles. The number of hydrogen-bond donors (Lipinski definition) is 1. The number of nitrogens with zero attached hydrogens (tertiary/aromatic N) is 1. The Labute approximate surface area is 102 Å². The van der Waals surface area contributed by atoms with Crippen molar-refractivity contribution in [3.63, 3.8) is 0 Å². The van der Waals surface area contributed by atoms with Crippen molar-refractivity contribution in [3.05, 3.63) is 39.9 Å². The fraction of sp³-hybridized carbons (Fsp3) is 0.333. The first kappa shape index (κ1) is 10.1. The van der Waals surface area contributed by atoms with Crippen LogP contribution in [0.1, 0.15) is 18.4 Å². The van der Waals surface area contributed by atoms with Crippen molar-refractivity contribution in [3.8, 4) is 0 Å². The fourth-order valence-electron chi connectivity index (χ4n) is 2.52. The molecule has 0 saturated carbocycles. The zero-order valence-electron chi connectivity index (χ0n) is 8.93.